The van der Waals surface area contributed by atoms with Crippen LogP contribution in [0.4, 0.5) is 5.13 Å². The first-order valence-electron chi connectivity index (χ1n) is 11.1. The monoisotopic (exact) mass is 490 g/mol. The lowest BCUT2D eigenvalue weighted by Gasteiger charge is -2.18. The minimum atomic E-state index is -0.907. The fourth-order valence-corrected chi connectivity index (χ4v) is 4.78. The molecule has 9 nitrogen and oxygen atoms in total. The van der Waals surface area contributed by atoms with Gasteiger partial charge in [-0.3, -0.25) is 19.7 Å². The summed E-state index contributed by atoms with van der Waals surface area (Å²) >= 11 is 1.19. The number of nitrogens with one attached hydrogen (secondary N) is 1. The molecule has 5 rings (SSSR count). The quantitative estimate of drug-likeness (QED) is 0.309. The van der Waals surface area contributed by atoms with E-state index in [0.717, 1.165) is 12.8 Å². The third-order valence-electron chi connectivity index (χ3n) is 5.96. The van der Waals surface area contributed by atoms with Crippen LogP contribution in [0.1, 0.15) is 33.0 Å². The summed E-state index contributed by atoms with van der Waals surface area (Å²) in [4.78, 5) is 48.7. The largest absolute Gasteiger partial charge is 0.494 e. The van der Waals surface area contributed by atoms with Crippen molar-refractivity contribution in [1.29, 1.82) is 0 Å². The Morgan fingerprint density at radius 3 is 2.83 bits per heavy atom. The van der Waals surface area contributed by atoms with E-state index in [0.29, 0.717) is 29.5 Å². The van der Waals surface area contributed by atoms with Crippen molar-refractivity contribution in [2.75, 3.05) is 25.5 Å². The van der Waals surface area contributed by atoms with Gasteiger partial charge in [-0.05, 0) is 30.4 Å². The number of ketones is 1. The van der Waals surface area contributed by atoms with Gasteiger partial charge in [-0.15, -0.1) is 11.3 Å². The molecule has 35 heavy (non-hydrogen) atoms. The van der Waals surface area contributed by atoms with Gasteiger partial charge in [0.15, 0.2) is 16.6 Å². The van der Waals surface area contributed by atoms with Crippen LogP contribution in [-0.4, -0.2) is 52.7 Å². The van der Waals surface area contributed by atoms with Crippen molar-refractivity contribution in [2.45, 2.75) is 12.8 Å². The van der Waals surface area contributed by atoms with Gasteiger partial charge in [0.05, 0.1) is 7.11 Å². The average Bonchev–Trinajstić information content (AvgIpc) is 3.64. The Hall–Kier alpha value is -4.05. The second-order valence-corrected chi connectivity index (χ2v) is 9.15. The van der Waals surface area contributed by atoms with E-state index >= 15 is 0 Å². The molecule has 1 aliphatic rings. The summed E-state index contributed by atoms with van der Waals surface area (Å²) in [6.07, 6.45) is 4.61. The van der Waals surface area contributed by atoms with Gasteiger partial charge in [0, 0.05) is 30.1 Å². The number of aromatic nitrogens is 2. The van der Waals surface area contributed by atoms with Gasteiger partial charge >= 0.3 is 5.91 Å². The molecule has 1 unspecified atom stereocenters. The highest BCUT2D eigenvalue weighted by atomic mass is 32.1. The summed E-state index contributed by atoms with van der Waals surface area (Å²) in [6.45, 7) is 1.20. The zero-order chi connectivity index (χ0) is 24.4. The van der Waals surface area contributed by atoms with Gasteiger partial charge in [0.1, 0.15) is 11.8 Å². The van der Waals surface area contributed by atoms with Crippen LogP contribution in [0.2, 0.25) is 0 Å². The Bertz CT molecular complexity index is 1380. The topological polar surface area (TPSA) is 115 Å². The molecule has 1 fully saturated rings. The Morgan fingerprint density at radius 1 is 1.26 bits per heavy atom. The van der Waals surface area contributed by atoms with Gasteiger partial charge < -0.3 is 14.1 Å². The zero-order valence-electron chi connectivity index (χ0n) is 18.9. The number of Topliss-reactive ketones (excluding diaryl/α,β-unsaturated/α-hetero) is 1. The van der Waals surface area contributed by atoms with Crippen molar-refractivity contribution in [2.24, 2.45) is 5.92 Å². The number of carbonyl (C=O) groups is 3. The van der Waals surface area contributed by atoms with E-state index in [-0.39, 0.29) is 28.6 Å². The van der Waals surface area contributed by atoms with E-state index in [9.17, 15) is 14.4 Å². The first-order valence-corrected chi connectivity index (χ1v) is 12.0. The third kappa shape index (κ3) is 4.65. The number of likely N-dealkylation sites (tertiary alicyclic amines) is 1. The lowest BCUT2D eigenvalue weighted by atomic mass is 9.99. The number of thiazole rings is 1. The highest BCUT2D eigenvalue weighted by Crippen LogP contribution is 2.30. The van der Waals surface area contributed by atoms with Gasteiger partial charge in [0.25, 0.3) is 11.7 Å². The Labute approximate surface area is 204 Å². The summed E-state index contributed by atoms with van der Waals surface area (Å²) in [6, 6.07) is 11.8. The molecule has 10 heteroatoms. The molecular weight excluding hydrogens is 468 g/mol. The summed E-state index contributed by atoms with van der Waals surface area (Å²) in [5.74, 6) is -1.71. The number of rotatable bonds is 7. The summed E-state index contributed by atoms with van der Waals surface area (Å²) in [5, 5.41) is 4.86. The Kier molecular flexibility index (Phi) is 6.28. The molecule has 1 aromatic carbocycles. The van der Waals surface area contributed by atoms with Crippen LogP contribution in [-0.2, 0) is 11.2 Å². The van der Waals surface area contributed by atoms with Crippen molar-refractivity contribution < 1.29 is 23.5 Å². The third-order valence-corrected chi connectivity index (χ3v) is 6.65. The van der Waals surface area contributed by atoms with Crippen LogP contribution in [0.15, 0.2) is 58.7 Å². The summed E-state index contributed by atoms with van der Waals surface area (Å²) < 4.78 is 10.8. The molecule has 0 aliphatic carbocycles. The average molecular weight is 491 g/mol. The van der Waals surface area contributed by atoms with E-state index in [4.69, 9.17) is 9.15 Å². The van der Waals surface area contributed by atoms with Crippen LogP contribution in [0.5, 0.6) is 5.75 Å². The Morgan fingerprint density at radius 2 is 2.09 bits per heavy atom. The molecule has 0 saturated carbocycles. The number of ether oxygens (including phenoxy) is 1. The minimum absolute atomic E-state index is 0.0798. The number of furan rings is 1. The van der Waals surface area contributed by atoms with Crippen LogP contribution < -0.4 is 10.1 Å². The highest BCUT2D eigenvalue weighted by molar-refractivity contribution is 7.13. The maximum absolute atomic E-state index is 13.4. The molecule has 0 radical (unpaired) electrons. The van der Waals surface area contributed by atoms with E-state index in [1.165, 1.54) is 36.5 Å². The predicted molar refractivity (Wildman–Crippen MR) is 130 cm³/mol. The van der Waals surface area contributed by atoms with Gasteiger partial charge in [0.2, 0.25) is 5.76 Å². The standard InChI is InChI=1S/C25H22N4O5S/c1-33-18-12-17-14-34-22(21(30)23(31)28-25-26-8-10-35-25)19(17)27-20(18)24(32)29-9-7-16(13-29)11-15-5-3-2-4-6-15/h2-6,8,10,12,14,16H,7,9,11,13H2,1H3,(H,26,28,31). The molecule has 1 N–H and O–H groups in total. The number of hydrogen-bond acceptors (Lipinski definition) is 8. The molecule has 3 aromatic heterocycles. The van der Waals surface area contributed by atoms with Crippen LogP contribution in [0.3, 0.4) is 0 Å². The molecule has 2 amide bonds. The second-order valence-electron chi connectivity index (χ2n) is 8.26. The highest BCUT2D eigenvalue weighted by Gasteiger charge is 2.31. The van der Waals surface area contributed by atoms with Gasteiger partial charge in [-0.2, -0.15) is 0 Å². The van der Waals surface area contributed by atoms with Gasteiger partial charge in [-0.25, -0.2) is 9.97 Å². The van der Waals surface area contributed by atoms with E-state index in [2.05, 4.69) is 27.4 Å². The number of carbonyl (C=O) groups excluding carboxylic acids is 3. The van der Waals surface area contributed by atoms with Crippen molar-refractivity contribution in [3.8, 4) is 5.75 Å². The first kappa shape index (κ1) is 22.7. The lowest BCUT2D eigenvalue weighted by Crippen LogP contribution is -2.30. The number of anilines is 1. The number of fused-ring (bicyclic) bond motifs is 1. The van der Waals surface area contributed by atoms with Gasteiger partial charge in [-0.1, -0.05) is 30.3 Å². The maximum Gasteiger partial charge on any atom is 0.302 e. The number of pyridine rings is 1. The Balaban J connectivity index is 1.38. The number of hydrogen-bond donors (Lipinski definition) is 1. The number of benzene rings is 1. The first-order chi connectivity index (χ1) is 17.0. The normalized spacial score (nSPS) is 15.3. The van der Waals surface area contributed by atoms with E-state index in [1.54, 1.807) is 16.3 Å². The molecular formula is C25H22N4O5S. The molecule has 4 aromatic rings. The number of amides is 2. The van der Waals surface area contributed by atoms with Crippen LogP contribution in [0, 0.1) is 5.92 Å². The molecule has 1 atom stereocenters. The van der Waals surface area contributed by atoms with Crippen molar-refractivity contribution >= 4 is 45.0 Å². The molecule has 1 aliphatic heterocycles. The minimum Gasteiger partial charge on any atom is -0.494 e. The smallest absolute Gasteiger partial charge is 0.302 e. The van der Waals surface area contributed by atoms with Crippen LogP contribution >= 0.6 is 11.3 Å². The summed E-state index contributed by atoms with van der Waals surface area (Å²) in [5.41, 5.74) is 1.45. The summed E-state index contributed by atoms with van der Waals surface area (Å²) in [7, 11) is 1.45. The molecule has 0 spiro atoms. The predicted octanol–water partition coefficient (Wildman–Crippen LogP) is 3.82. The van der Waals surface area contributed by atoms with E-state index < -0.39 is 11.7 Å². The van der Waals surface area contributed by atoms with Crippen LogP contribution in [0.25, 0.3) is 10.9 Å². The van der Waals surface area contributed by atoms with E-state index in [1.807, 2.05) is 18.2 Å². The fraction of sp³-hybridized carbons (Fsp3) is 0.240. The molecule has 4 heterocycles. The van der Waals surface area contributed by atoms with Crippen molar-refractivity contribution in [3.63, 3.8) is 0 Å². The van der Waals surface area contributed by atoms with Crippen molar-refractivity contribution in [3.05, 3.63) is 71.3 Å². The molecule has 0 bridgehead atoms. The number of methoxy groups -OCH3 is 1. The fourth-order valence-electron chi connectivity index (χ4n) is 4.25. The lowest BCUT2D eigenvalue weighted by molar-refractivity contribution is -0.112. The zero-order valence-corrected chi connectivity index (χ0v) is 19.7. The molecule has 1 saturated heterocycles. The second kappa shape index (κ2) is 9.67. The number of nitrogens with zero attached hydrogens (tertiary/aromatic N) is 3. The molecule has 178 valence electrons. The van der Waals surface area contributed by atoms with Crippen molar-refractivity contribution in [1.82, 2.24) is 14.9 Å². The maximum atomic E-state index is 13.4. The SMILES string of the molecule is COc1cc2coc(C(=O)C(=O)Nc3nccs3)c2nc1C(=O)N1CCC(Cc2ccccc2)C1.